The van der Waals surface area contributed by atoms with Gasteiger partial charge in [0.15, 0.2) is 0 Å². The predicted molar refractivity (Wildman–Crippen MR) is 53.8 cm³/mol. The fourth-order valence-corrected chi connectivity index (χ4v) is 1.04. The fourth-order valence-electron chi connectivity index (χ4n) is 1.04. The molecule has 0 radical (unpaired) electrons. The molecule has 0 atom stereocenters. The average Bonchev–Trinajstić information content (AvgIpc) is 2.16. The second kappa shape index (κ2) is 4.46. The van der Waals surface area contributed by atoms with Gasteiger partial charge >= 0.3 is 5.97 Å². The van der Waals surface area contributed by atoms with Crippen molar-refractivity contribution in [3.05, 3.63) is 42.0 Å². The van der Waals surface area contributed by atoms with Crippen molar-refractivity contribution in [3.8, 4) is 5.75 Å². The van der Waals surface area contributed by atoms with Crippen LogP contribution in [0.5, 0.6) is 5.75 Å². The highest BCUT2D eigenvalue weighted by Gasteiger charge is 2.06. The first-order valence-corrected chi connectivity index (χ1v) is 4.23. The number of carboxylic acids is 1. The Morgan fingerprint density at radius 3 is 2.93 bits per heavy atom. The maximum atomic E-state index is 10.7. The van der Waals surface area contributed by atoms with E-state index in [9.17, 15) is 4.79 Å². The van der Waals surface area contributed by atoms with E-state index >= 15 is 0 Å². The van der Waals surface area contributed by atoms with Crippen LogP contribution in [-0.2, 0) is 0 Å². The first-order chi connectivity index (χ1) is 6.65. The molecule has 0 saturated carbocycles. The summed E-state index contributed by atoms with van der Waals surface area (Å²) in [5.41, 5.74) is 1.14. The Morgan fingerprint density at radius 1 is 1.64 bits per heavy atom. The summed E-state index contributed by atoms with van der Waals surface area (Å²) in [4.78, 5) is 10.7. The maximum Gasteiger partial charge on any atom is 0.335 e. The Hall–Kier alpha value is -1.77. The van der Waals surface area contributed by atoms with E-state index in [2.05, 4.69) is 6.58 Å². The largest absolute Gasteiger partial charge is 0.489 e. The third kappa shape index (κ3) is 2.36. The van der Waals surface area contributed by atoms with Crippen molar-refractivity contribution < 1.29 is 14.6 Å². The Labute approximate surface area is 82.6 Å². The molecule has 1 aromatic carbocycles. The van der Waals surface area contributed by atoms with E-state index in [0.29, 0.717) is 12.4 Å². The van der Waals surface area contributed by atoms with Crippen molar-refractivity contribution in [2.24, 2.45) is 0 Å². The van der Waals surface area contributed by atoms with E-state index in [1.165, 1.54) is 6.07 Å². The minimum atomic E-state index is -0.951. The molecule has 0 unspecified atom stereocenters. The van der Waals surface area contributed by atoms with Crippen LogP contribution in [0.1, 0.15) is 15.9 Å². The average molecular weight is 192 g/mol. The number of benzene rings is 1. The minimum absolute atomic E-state index is 0.231. The fraction of sp³-hybridized carbons (Fsp3) is 0.182. The van der Waals surface area contributed by atoms with Crippen molar-refractivity contribution in [3.63, 3.8) is 0 Å². The minimum Gasteiger partial charge on any atom is -0.489 e. The molecule has 0 bridgehead atoms. The van der Waals surface area contributed by atoms with Crippen LogP contribution in [0.15, 0.2) is 30.9 Å². The summed E-state index contributed by atoms with van der Waals surface area (Å²) in [5.74, 6) is -0.363. The summed E-state index contributed by atoms with van der Waals surface area (Å²) in [6.45, 7) is 5.77. The van der Waals surface area contributed by atoms with Crippen molar-refractivity contribution in [1.29, 1.82) is 0 Å². The van der Waals surface area contributed by atoms with Crippen LogP contribution in [0, 0.1) is 6.92 Å². The Balaban J connectivity index is 2.95. The molecule has 0 spiro atoms. The van der Waals surface area contributed by atoms with Gasteiger partial charge in [-0.3, -0.25) is 0 Å². The topological polar surface area (TPSA) is 46.5 Å². The molecule has 0 aromatic heterocycles. The number of aromatic carboxylic acids is 1. The van der Waals surface area contributed by atoms with Crippen molar-refractivity contribution in [2.75, 3.05) is 6.61 Å². The Bertz CT molecular complexity index is 356. The van der Waals surface area contributed by atoms with Crippen molar-refractivity contribution in [1.82, 2.24) is 0 Å². The van der Waals surface area contributed by atoms with Gasteiger partial charge in [-0.05, 0) is 24.6 Å². The standard InChI is InChI=1S/C11H12O3/c1-3-6-14-10-7-9(11(12)13)5-4-8(10)2/h3-5,7H,1,6H2,2H3,(H,12,13). The lowest BCUT2D eigenvalue weighted by atomic mass is 10.1. The number of ether oxygens (including phenoxy) is 1. The summed E-state index contributed by atoms with van der Waals surface area (Å²) >= 11 is 0. The number of aryl methyl sites for hydroxylation is 1. The van der Waals surface area contributed by atoms with Crippen LogP contribution >= 0.6 is 0 Å². The van der Waals surface area contributed by atoms with E-state index in [0.717, 1.165) is 5.56 Å². The maximum absolute atomic E-state index is 10.7. The zero-order chi connectivity index (χ0) is 10.6. The van der Waals surface area contributed by atoms with E-state index in [1.54, 1.807) is 18.2 Å². The number of hydrogen-bond acceptors (Lipinski definition) is 2. The van der Waals surface area contributed by atoms with Gasteiger partial charge in [0.25, 0.3) is 0 Å². The van der Waals surface area contributed by atoms with Gasteiger partial charge in [-0.2, -0.15) is 0 Å². The van der Waals surface area contributed by atoms with Gasteiger partial charge < -0.3 is 9.84 Å². The highest BCUT2D eigenvalue weighted by Crippen LogP contribution is 2.19. The Kier molecular flexibility index (Phi) is 3.29. The predicted octanol–water partition coefficient (Wildman–Crippen LogP) is 2.26. The number of carbonyl (C=O) groups is 1. The number of rotatable bonds is 4. The van der Waals surface area contributed by atoms with Crippen LogP contribution < -0.4 is 4.74 Å². The molecule has 74 valence electrons. The SMILES string of the molecule is C=CCOc1cc(C(=O)O)ccc1C. The van der Waals surface area contributed by atoms with Crippen LogP contribution in [0.3, 0.4) is 0 Å². The van der Waals surface area contributed by atoms with E-state index < -0.39 is 5.97 Å². The molecular formula is C11H12O3. The van der Waals surface area contributed by atoms with Gasteiger partial charge in [-0.25, -0.2) is 4.79 Å². The monoisotopic (exact) mass is 192 g/mol. The van der Waals surface area contributed by atoms with Gasteiger partial charge in [0.05, 0.1) is 5.56 Å². The normalized spacial score (nSPS) is 9.50. The molecule has 3 heteroatoms. The highest BCUT2D eigenvalue weighted by atomic mass is 16.5. The summed E-state index contributed by atoms with van der Waals surface area (Å²) < 4.78 is 5.30. The molecular weight excluding hydrogens is 180 g/mol. The molecule has 0 fully saturated rings. The lowest BCUT2D eigenvalue weighted by Crippen LogP contribution is -2.00. The smallest absolute Gasteiger partial charge is 0.335 e. The molecule has 0 saturated heterocycles. The molecule has 0 heterocycles. The number of carboxylic acid groups (broad SMARTS) is 1. The summed E-state index contributed by atoms with van der Waals surface area (Å²) in [6, 6.07) is 4.79. The lowest BCUT2D eigenvalue weighted by Gasteiger charge is -2.07. The molecule has 0 aliphatic carbocycles. The van der Waals surface area contributed by atoms with Gasteiger partial charge in [0.2, 0.25) is 0 Å². The third-order valence-corrected chi connectivity index (χ3v) is 1.79. The summed E-state index contributed by atoms with van der Waals surface area (Å²) in [6.07, 6.45) is 1.62. The molecule has 3 nitrogen and oxygen atoms in total. The van der Waals surface area contributed by atoms with Gasteiger partial charge in [-0.15, -0.1) is 0 Å². The second-order valence-electron chi connectivity index (χ2n) is 2.89. The molecule has 14 heavy (non-hydrogen) atoms. The first-order valence-electron chi connectivity index (χ1n) is 4.23. The van der Waals surface area contributed by atoms with Crippen LogP contribution in [0.2, 0.25) is 0 Å². The van der Waals surface area contributed by atoms with E-state index in [4.69, 9.17) is 9.84 Å². The van der Waals surface area contributed by atoms with Crippen LogP contribution in [-0.4, -0.2) is 17.7 Å². The zero-order valence-corrected chi connectivity index (χ0v) is 7.99. The van der Waals surface area contributed by atoms with Crippen LogP contribution in [0.4, 0.5) is 0 Å². The van der Waals surface area contributed by atoms with E-state index in [-0.39, 0.29) is 5.56 Å². The molecule has 1 aromatic rings. The van der Waals surface area contributed by atoms with Crippen molar-refractivity contribution >= 4 is 5.97 Å². The highest BCUT2D eigenvalue weighted by molar-refractivity contribution is 5.88. The molecule has 0 aliphatic heterocycles. The lowest BCUT2D eigenvalue weighted by molar-refractivity contribution is 0.0696. The van der Waals surface area contributed by atoms with Gasteiger partial charge in [-0.1, -0.05) is 18.7 Å². The third-order valence-electron chi connectivity index (χ3n) is 1.79. The van der Waals surface area contributed by atoms with Gasteiger partial charge in [0, 0.05) is 0 Å². The van der Waals surface area contributed by atoms with Crippen LogP contribution in [0.25, 0.3) is 0 Å². The summed E-state index contributed by atoms with van der Waals surface area (Å²) in [5, 5.41) is 8.75. The molecule has 1 rings (SSSR count). The quantitative estimate of drug-likeness (QED) is 0.744. The molecule has 0 aliphatic rings. The zero-order valence-electron chi connectivity index (χ0n) is 7.99. The van der Waals surface area contributed by atoms with E-state index in [1.807, 2.05) is 6.92 Å². The first kappa shape index (κ1) is 10.3. The van der Waals surface area contributed by atoms with Crippen molar-refractivity contribution in [2.45, 2.75) is 6.92 Å². The van der Waals surface area contributed by atoms with Gasteiger partial charge in [0.1, 0.15) is 12.4 Å². The molecule has 0 amide bonds. The molecule has 1 N–H and O–H groups in total. The Morgan fingerprint density at radius 2 is 2.36 bits per heavy atom. The summed E-state index contributed by atoms with van der Waals surface area (Å²) in [7, 11) is 0. The second-order valence-corrected chi connectivity index (χ2v) is 2.89. The number of hydrogen-bond donors (Lipinski definition) is 1.